The maximum atomic E-state index is 13.9. The van der Waals surface area contributed by atoms with Gasteiger partial charge < -0.3 is 14.8 Å². The van der Waals surface area contributed by atoms with Crippen molar-refractivity contribution in [3.05, 3.63) is 59.4 Å². The molecule has 3 rings (SSSR count). The minimum Gasteiger partial charge on any atom is -0.508 e. The Morgan fingerprint density at radius 1 is 1.25 bits per heavy atom. The number of para-hydroxylation sites is 1. The van der Waals surface area contributed by atoms with E-state index in [9.17, 15) is 14.3 Å². The van der Waals surface area contributed by atoms with Crippen molar-refractivity contribution in [1.29, 1.82) is 0 Å². The Morgan fingerprint density at radius 2 is 2.05 bits per heavy atom. The van der Waals surface area contributed by atoms with Gasteiger partial charge in [-0.15, -0.1) is 0 Å². The normalized spacial score (nSPS) is 17.6. The third-order valence-electron chi connectivity index (χ3n) is 3.69. The van der Waals surface area contributed by atoms with Gasteiger partial charge in [0.1, 0.15) is 23.9 Å². The molecule has 1 unspecified atom stereocenters. The second kappa shape index (κ2) is 4.96. The SMILES string of the molecule is O=CC1c2ccc(O)cc2CCN1c1ccccc1F. The lowest BCUT2D eigenvalue weighted by molar-refractivity contribution is -0.109. The van der Waals surface area contributed by atoms with Crippen LogP contribution < -0.4 is 4.90 Å². The van der Waals surface area contributed by atoms with Gasteiger partial charge >= 0.3 is 0 Å². The van der Waals surface area contributed by atoms with E-state index in [-0.39, 0.29) is 11.6 Å². The Hall–Kier alpha value is -2.36. The highest BCUT2D eigenvalue weighted by atomic mass is 19.1. The van der Waals surface area contributed by atoms with Crippen LogP contribution in [0.3, 0.4) is 0 Å². The summed E-state index contributed by atoms with van der Waals surface area (Å²) in [6.07, 6.45) is 1.49. The molecular formula is C16H14FNO2. The molecule has 0 aliphatic carbocycles. The Labute approximate surface area is 116 Å². The molecule has 2 aromatic rings. The van der Waals surface area contributed by atoms with Crippen LogP contribution in [0, 0.1) is 5.82 Å². The molecule has 0 aromatic heterocycles. The number of rotatable bonds is 2. The zero-order valence-corrected chi connectivity index (χ0v) is 10.8. The number of hydrogen-bond donors (Lipinski definition) is 1. The van der Waals surface area contributed by atoms with Crippen molar-refractivity contribution in [2.45, 2.75) is 12.5 Å². The Bertz CT molecular complexity index is 657. The summed E-state index contributed by atoms with van der Waals surface area (Å²) in [5, 5.41) is 9.51. The van der Waals surface area contributed by atoms with Crippen LogP contribution in [-0.4, -0.2) is 17.9 Å². The van der Waals surface area contributed by atoms with Crippen molar-refractivity contribution >= 4 is 12.0 Å². The highest BCUT2D eigenvalue weighted by Gasteiger charge is 2.28. The number of fused-ring (bicyclic) bond motifs is 1. The van der Waals surface area contributed by atoms with E-state index in [0.29, 0.717) is 18.7 Å². The van der Waals surface area contributed by atoms with Crippen LogP contribution in [0.25, 0.3) is 0 Å². The van der Waals surface area contributed by atoms with Crippen LogP contribution in [0.4, 0.5) is 10.1 Å². The lowest BCUT2D eigenvalue weighted by atomic mass is 9.92. The lowest BCUT2D eigenvalue weighted by Gasteiger charge is -2.36. The number of hydrogen-bond acceptors (Lipinski definition) is 3. The predicted molar refractivity (Wildman–Crippen MR) is 74.4 cm³/mol. The monoisotopic (exact) mass is 271 g/mol. The van der Waals surface area contributed by atoms with Crippen LogP contribution in [-0.2, 0) is 11.2 Å². The highest BCUT2D eigenvalue weighted by molar-refractivity contribution is 5.71. The number of phenolic OH excluding ortho intramolecular Hbond substituents is 1. The Morgan fingerprint density at radius 3 is 2.80 bits per heavy atom. The molecule has 1 atom stereocenters. The summed E-state index contributed by atoms with van der Waals surface area (Å²) in [7, 11) is 0. The topological polar surface area (TPSA) is 40.5 Å². The number of carbonyl (C=O) groups excluding carboxylic acids is 1. The van der Waals surface area contributed by atoms with Crippen molar-refractivity contribution in [3.63, 3.8) is 0 Å². The number of aldehydes is 1. The average Bonchev–Trinajstić information content (AvgIpc) is 2.46. The van der Waals surface area contributed by atoms with Gasteiger partial charge in [0.25, 0.3) is 0 Å². The molecule has 20 heavy (non-hydrogen) atoms. The van der Waals surface area contributed by atoms with Crippen molar-refractivity contribution in [3.8, 4) is 5.75 Å². The number of aromatic hydroxyl groups is 1. The maximum absolute atomic E-state index is 13.9. The summed E-state index contributed by atoms with van der Waals surface area (Å²) in [6.45, 7) is 0.542. The van der Waals surface area contributed by atoms with Crippen LogP contribution in [0.2, 0.25) is 0 Å². The number of benzene rings is 2. The third-order valence-corrected chi connectivity index (χ3v) is 3.69. The fourth-order valence-corrected chi connectivity index (χ4v) is 2.75. The van der Waals surface area contributed by atoms with Gasteiger partial charge in [-0.1, -0.05) is 18.2 Å². The van der Waals surface area contributed by atoms with Gasteiger partial charge in [-0.2, -0.15) is 0 Å². The quantitative estimate of drug-likeness (QED) is 0.854. The van der Waals surface area contributed by atoms with E-state index in [1.165, 1.54) is 6.07 Å². The van der Waals surface area contributed by atoms with Crippen LogP contribution in [0.1, 0.15) is 17.2 Å². The molecular weight excluding hydrogens is 257 g/mol. The maximum Gasteiger partial charge on any atom is 0.147 e. The number of carbonyl (C=O) groups is 1. The van der Waals surface area contributed by atoms with Gasteiger partial charge in [-0.3, -0.25) is 0 Å². The van der Waals surface area contributed by atoms with Crippen LogP contribution >= 0.6 is 0 Å². The predicted octanol–water partition coefficient (Wildman–Crippen LogP) is 2.83. The van der Waals surface area contributed by atoms with E-state index in [1.54, 1.807) is 41.3 Å². The summed E-state index contributed by atoms with van der Waals surface area (Å²) in [4.78, 5) is 13.2. The van der Waals surface area contributed by atoms with Gasteiger partial charge in [-0.05, 0) is 41.8 Å². The summed E-state index contributed by atoms with van der Waals surface area (Å²) >= 11 is 0. The van der Waals surface area contributed by atoms with E-state index in [2.05, 4.69) is 0 Å². The van der Waals surface area contributed by atoms with E-state index < -0.39 is 6.04 Å². The molecule has 0 spiro atoms. The molecule has 1 aliphatic rings. The first-order valence-electron chi connectivity index (χ1n) is 6.49. The summed E-state index contributed by atoms with van der Waals surface area (Å²) < 4.78 is 13.9. The zero-order valence-electron chi connectivity index (χ0n) is 10.8. The molecule has 0 radical (unpaired) electrons. The first-order valence-corrected chi connectivity index (χ1v) is 6.49. The van der Waals surface area contributed by atoms with Crippen LogP contribution in [0.15, 0.2) is 42.5 Å². The fourth-order valence-electron chi connectivity index (χ4n) is 2.75. The first-order chi connectivity index (χ1) is 9.70. The summed E-state index contributed by atoms with van der Waals surface area (Å²) in [5.74, 6) is -0.144. The van der Waals surface area contributed by atoms with Crippen molar-refractivity contribution < 1.29 is 14.3 Å². The molecule has 0 amide bonds. The number of nitrogens with zero attached hydrogens (tertiary/aromatic N) is 1. The molecule has 0 bridgehead atoms. The Kier molecular flexibility index (Phi) is 3.14. The van der Waals surface area contributed by atoms with Gasteiger partial charge in [0.05, 0.1) is 5.69 Å². The molecule has 2 aromatic carbocycles. The van der Waals surface area contributed by atoms with E-state index >= 15 is 0 Å². The average molecular weight is 271 g/mol. The molecule has 0 saturated carbocycles. The standard InChI is InChI=1S/C16H14FNO2/c17-14-3-1-2-4-15(14)18-8-7-11-9-12(20)5-6-13(11)16(18)10-19/h1-6,9-10,16,20H,7-8H2. The second-order valence-corrected chi connectivity index (χ2v) is 4.86. The number of phenols is 1. The van der Waals surface area contributed by atoms with E-state index in [1.807, 2.05) is 0 Å². The van der Waals surface area contributed by atoms with Crippen LogP contribution in [0.5, 0.6) is 5.75 Å². The largest absolute Gasteiger partial charge is 0.508 e. The minimum atomic E-state index is -0.517. The van der Waals surface area contributed by atoms with Gasteiger partial charge in [0, 0.05) is 6.54 Å². The molecule has 4 heteroatoms. The van der Waals surface area contributed by atoms with Gasteiger partial charge in [-0.25, -0.2) is 4.39 Å². The second-order valence-electron chi connectivity index (χ2n) is 4.86. The fraction of sp³-hybridized carbons (Fsp3) is 0.188. The molecule has 0 saturated heterocycles. The number of anilines is 1. The van der Waals surface area contributed by atoms with Crippen molar-refractivity contribution in [2.24, 2.45) is 0 Å². The zero-order chi connectivity index (χ0) is 14.1. The molecule has 1 N–H and O–H groups in total. The molecule has 1 heterocycles. The smallest absolute Gasteiger partial charge is 0.147 e. The summed E-state index contributed by atoms with van der Waals surface area (Å²) in [6, 6.07) is 10.9. The third kappa shape index (κ3) is 2.03. The van der Waals surface area contributed by atoms with Gasteiger partial charge in [0.2, 0.25) is 0 Å². The minimum absolute atomic E-state index is 0.188. The Balaban J connectivity index is 2.06. The molecule has 0 fully saturated rings. The van der Waals surface area contributed by atoms with Gasteiger partial charge in [0.15, 0.2) is 0 Å². The van der Waals surface area contributed by atoms with Crippen molar-refractivity contribution in [1.82, 2.24) is 0 Å². The molecule has 1 aliphatic heterocycles. The van der Waals surface area contributed by atoms with E-state index in [0.717, 1.165) is 17.4 Å². The van der Waals surface area contributed by atoms with E-state index in [4.69, 9.17) is 0 Å². The van der Waals surface area contributed by atoms with Crippen molar-refractivity contribution in [2.75, 3.05) is 11.4 Å². The lowest BCUT2D eigenvalue weighted by Crippen LogP contribution is -2.36. The molecule has 3 nitrogen and oxygen atoms in total. The molecule has 102 valence electrons. The summed E-state index contributed by atoms with van der Waals surface area (Å²) in [5.41, 5.74) is 2.20. The number of halogens is 1. The first kappa shape index (κ1) is 12.7. The highest BCUT2D eigenvalue weighted by Crippen LogP contribution is 2.35.